The zero-order valence-electron chi connectivity index (χ0n) is 14.5. The number of fused-ring (bicyclic) bond motifs is 1. The van der Waals surface area contributed by atoms with Gasteiger partial charge in [0.05, 0.1) is 23.1 Å². The summed E-state index contributed by atoms with van der Waals surface area (Å²) in [5.41, 5.74) is 8.95. The van der Waals surface area contributed by atoms with Gasteiger partial charge in [-0.25, -0.2) is 0 Å². The van der Waals surface area contributed by atoms with Gasteiger partial charge in [-0.05, 0) is 30.3 Å². The second-order valence-electron chi connectivity index (χ2n) is 6.07. The maximum Gasteiger partial charge on any atom is 0.195 e. The Balaban J connectivity index is 2.00. The van der Waals surface area contributed by atoms with Gasteiger partial charge < -0.3 is 15.8 Å². The molecule has 4 rings (SSSR count). The highest BCUT2D eigenvalue weighted by Gasteiger charge is 2.23. The number of pyridine rings is 1. The van der Waals surface area contributed by atoms with Gasteiger partial charge >= 0.3 is 0 Å². The number of benzene rings is 1. The highest BCUT2D eigenvalue weighted by atomic mass is 16.3. The number of aromatic hydroxyl groups is 1. The third-order valence-electron chi connectivity index (χ3n) is 4.38. The van der Waals surface area contributed by atoms with E-state index in [0.717, 1.165) is 0 Å². The first-order valence-electron chi connectivity index (χ1n) is 8.29. The zero-order chi connectivity index (χ0) is 19.7. The van der Waals surface area contributed by atoms with Gasteiger partial charge in [0.15, 0.2) is 11.4 Å². The third kappa shape index (κ3) is 2.84. The number of phenols is 1. The number of nitrogens with zero attached hydrogens (tertiary/aromatic N) is 4. The predicted molar refractivity (Wildman–Crippen MR) is 103 cm³/mol. The van der Waals surface area contributed by atoms with Crippen LogP contribution in [0.5, 0.6) is 5.75 Å². The van der Waals surface area contributed by atoms with Crippen LogP contribution in [0.25, 0.3) is 22.2 Å². The predicted octanol–water partition coefficient (Wildman–Crippen LogP) is 2.81. The number of hydrogen-bond donors (Lipinski definition) is 3. The van der Waals surface area contributed by atoms with Crippen LogP contribution in [0, 0.1) is 4.91 Å². The number of ketones is 1. The summed E-state index contributed by atoms with van der Waals surface area (Å²) in [6.07, 6.45) is 4.57. The number of aromatic nitrogens is 4. The molecule has 4 aromatic rings. The Morgan fingerprint density at radius 1 is 1.18 bits per heavy atom. The van der Waals surface area contributed by atoms with Crippen molar-refractivity contribution in [2.75, 3.05) is 5.73 Å². The SMILES string of the molecule is Nc1cnccc1-c1c(CN=O)nnc2[nH]cc(C(=O)c3ccc(O)cc3)c12. The first-order chi connectivity index (χ1) is 13.6. The third-order valence-corrected chi connectivity index (χ3v) is 4.38. The molecule has 0 atom stereocenters. The van der Waals surface area contributed by atoms with E-state index in [1.807, 2.05) is 0 Å². The number of carbonyl (C=O) groups excluding carboxylic acids is 1. The van der Waals surface area contributed by atoms with Crippen LogP contribution in [0.15, 0.2) is 54.1 Å². The second kappa shape index (κ2) is 6.88. The van der Waals surface area contributed by atoms with Crippen LogP contribution in [0.2, 0.25) is 0 Å². The average Bonchev–Trinajstić information content (AvgIpc) is 3.13. The summed E-state index contributed by atoms with van der Waals surface area (Å²) in [5.74, 6) is -0.218. The number of H-pyrrole nitrogens is 1. The molecule has 0 bridgehead atoms. The summed E-state index contributed by atoms with van der Waals surface area (Å²) >= 11 is 0. The minimum atomic E-state index is -0.280. The van der Waals surface area contributed by atoms with E-state index in [9.17, 15) is 14.8 Å². The maximum absolute atomic E-state index is 13.1. The molecule has 138 valence electrons. The van der Waals surface area contributed by atoms with Crippen LogP contribution >= 0.6 is 0 Å². The number of nitrogens with one attached hydrogen (secondary N) is 1. The number of aromatic amines is 1. The molecular formula is C19H14N6O3. The molecule has 1 aromatic carbocycles. The number of rotatable bonds is 5. The number of hydrogen-bond acceptors (Lipinski definition) is 8. The molecule has 9 nitrogen and oxygen atoms in total. The molecule has 0 fully saturated rings. The molecule has 0 amide bonds. The van der Waals surface area contributed by atoms with E-state index in [2.05, 4.69) is 25.3 Å². The van der Waals surface area contributed by atoms with Gasteiger partial charge in [0.25, 0.3) is 0 Å². The average molecular weight is 374 g/mol. The van der Waals surface area contributed by atoms with Crippen molar-refractivity contribution in [3.05, 3.63) is 70.7 Å². The quantitative estimate of drug-likeness (QED) is 0.359. The van der Waals surface area contributed by atoms with Gasteiger partial charge in [-0.15, -0.1) is 5.10 Å². The van der Waals surface area contributed by atoms with Crippen molar-refractivity contribution in [2.45, 2.75) is 6.54 Å². The van der Waals surface area contributed by atoms with Crippen LogP contribution < -0.4 is 5.73 Å². The van der Waals surface area contributed by atoms with E-state index in [0.29, 0.717) is 44.7 Å². The smallest absolute Gasteiger partial charge is 0.195 e. The molecule has 0 saturated heterocycles. The van der Waals surface area contributed by atoms with E-state index in [1.54, 1.807) is 12.3 Å². The number of nitrogen functional groups attached to an aromatic ring is 1. The summed E-state index contributed by atoms with van der Waals surface area (Å²) in [6.45, 7) is -0.224. The highest BCUT2D eigenvalue weighted by molar-refractivity contribution is 6.19. The molecule has 28 heavy (non-hydrogen) atoms. The Hall–Kier alpha value is -4.14. The molecule has 3 aromatic heterocycles. The molecule has 0 saturated carbocycles. The van der Waals surface area contributed by atoms with Crippen LogP contribution in [0.1, 0.15) is 21.6 Å². The Kier molecular flexibility index (Phi) is 4.24. The highest BCUT2D eigenvalue weighted by Crippen LogP contribution is 2.36. The minimum absolute atomic E-state index is 0.0611. The lowest BCUT2D eigenvalue weighted by Crippen LogP contribution is -2.04. The molecule has 0 spiro atoms. The van der Waals surface area contributed by atoms with Gasteiger partial charge in [0.1, 0.15) is 12.3 Å². The summed E-state index contributed by atoms with van der Waals surface area (Å²) in [7, 11) is 0. The van der Waals surface area contributed by atoms with Gasteiger partial charge in [-0.2, -0.15) is 10.0 Å². The van der Waals surface area contributed by atoms with Crippen LogP contribution in [-0.4, -0.2) is 31.1 Å². The summed E-state index contributed by atoms with van der Waals surface area (Å²) < 4.78 is 0. The van der Waals surface area contributed by atoms with Gasteiger partial charge in [-0.3, -0.25) is 9.78 Å². The van der Waals surface area contributed by atoms with Gasteiger partial charge in [0.2, 0.25) is 0 Å². The fourth-order valence-electron chi connectivity index (χ4n) is 3.09. The minimum Gasteiger partial charge on any atom is -0.508 e. The molecular weight excluding hydrogens is 360 g/mol. The first-order valence-corrected chi connectivity index (χ1v) is 8.29. The normalized spacial score (nSPS) is 10.9. The lowest BCUT2D eigenvalue weighted by Gasteiger charge is -2.11. The van der Waals surface area contributed by atoms with Crippen molar-refractivity contribution < 1.29 is 9.90 Å². The van der Waals surface area contributed by atoms with Crippen LogP contribution in [0.4, 0.5) is 5.69 Å². The van der Waals surface area contributed by atoms with Crippen LogP contribution in [-0.2, 0) is 6.54 Å². The van der Waals surface area contributed by atoms with E-state index >= 15 is 0 Å². The molecule has 0 unspecified atom stereocenters. The van der Waals surface area contributed by atoms with Gasteiger partial charge in [-0.1, -0.05) is 5.18 Å². The van der Waals surface area contributed by atoms with Crippen molar-refractivity contribution in [1.82, 2.24) is 20.2 Å². The van der Waals surface area contributed by atoms with E-state index in [4.69, 9.17) is 5.73 Å². The molecule has 9 heteroatoms. The topological polar surface area (TPSA) is 147 Å². The summed E-state index contributed by atoms with van der Waals surface area (Å²) in [4.78, 5) is 30.9. The Morgan fingerprint density at radius 3 is 2.68 bits per heavy atom. The number of phenolic OH excluding ortho intramolecular Hbond substituents is 1. The number of carbonyl (C=O) groups is 1. The standard InChI is InChI=1S/C19H14N6O3/c20-14-8-21-6-5-12(14)16-15(9-23-28)24-25-19-17(16)13(7-22-19)18(27)10-1-3-11(26)4-2-10/h1-8,26H,9,20H2,(H,22,25). The van der Waals surface area contributed by atoms with E-state index in [1.165, 1.54) is 36.7 Å². The monoisotopic (exact) mass is 374 g/mol. The van der Waals surface area contributed by atoms with Crippen LogP contribution in [0.3, 0.4) is 0 Å². The Labute approximate surface area is 158 Å². The van der Waals surface area contributed by atoms with Crippen molar-refractivity contribution in [3.8, 4) is 16.9 Å². The lowest BCUT2D eigenvalue weighted by molar-refractivity contribution is 0.104. The van der Waals surface area contributed by atoms with Crippen molar-refractivity contribution in [3.63, 3.8) is 0 Å². The zero-order valence-corrected chi connectivity index (χ0v) is 14.5. The summed E-state index contributed by atoms with van der Waals surface area (Å²) in [6, 6.07) is 7.61. The molecule has 0 aliphatic carbocycles. The van der Waals surface area contributed by atoms with Gasteiger partial charge in [0, 0.05) is 34.5 Å². The largest absolute Gasteiger partial charge is 0.508 e. The Morgan fingerprint density at radius 2 is 1.96 bits per heavy atom. The maximum atomic E-state index is 13.1. The number of nitroso groups, excluding NO2 is 1. The molecule has 0 aliphatic rings. The lowest BCUT2D eigenvalue weighted by atomic mass is 9.95. The molecule has 3 heterocycles. The molecule has 0 aliphatic heterocycles. The molecule has 0 radical (unpaired) electrons. The fourth-order valence-corrected chi connectivity index (χ4v) is 3.09. The van der Waals surface area contributed by atoms with E-state index in [-0.39, 0.29) is 18.1 Å². The number of nitrogens with two attached hydrogens (primary N) is 1. The van der Waals surface area contributed by atoms with E-state index < -0.39 is 0 Å². The second-order valence-corrected chi connectivity index (χ2v) is 6.07. The first kappa shape index (κ1) is 17.3. The van der Waals surface area contributed by atoms with Crippen molar-refractivity contribution in [2.24, 2.45) is 5.18 Å². The van der Waals surface area contributed by atoms with Crippen molar-refractivity contribution in [1.29, 1.82) is 0 Å². The summed E-state index contributed by atoms with van der Waals surface area (Å²) in [5, 5.41) is 21.0. The van der Waals surface area contributed by atoms with Crippen molar-refractivity contribution >= 4 is 22.5 Å². The molecule has 4 N–H and O–H groups in total. The Bertz CT molecular complexity index is 1200. The number of anilines is 1. The fraction of sp³-hybridized carbons (Fsp3) is 0.0526.